The van der Waals surface area contributed by atoms with Crippen LogP contribution in [0.4, 0.5) is 0 Å². The second kappa shape index (κ2) is 13.6. The zero-order valence-corrected chi connectivity index (χ0v) is 22.6. The Balaban J connectivity index is 2.11. The number of carbonyl (C=O) groups is 2. The predicted molar refractivity (Wildman–Crippen MR) is 139 cm³/mol. The van der Waals surface area contributed by atoms with Gasteiger partial charge in [-0.3, -0.25) is 9.59 Å². The molecule has 0 aliphatic carbocycles. The Hall–Kier alpha value is -2.29. The van der Waals surface area contributed by atoms with Gasteiger partial charge in [-0.05, 0) is 71.1 Å². The van der Waals surface area contributed by atoms with Crippen LogP contribution in [-0.4, -0.2) is 37.3 Å². The molecule has 184 valence electrons. The van der Waals surface area contributed by atoms with Gasteiger partial charge >= 0.3 is 0 Å². The Morgan fingerprint density at radius 2 is 1.85 bits per heavy atom. The highest BCUT2D eigenvalue weighted by atomic mass is 79.9. The van der Waals surface area contributed by atoms with Gasteiger partial charge in [-0.1, -0.05) is 44.0 Å². The fourth-order valence-electron chi connectivity index (χ4n) is 2.91. The second-order valence-electron chi connectivity index (χ2n) is 7.67. The van der Waals surface area contributed by atoms with E-state index in [9.17, 15) is 9.59 Å². The van der Waals surface area contributed by atoms with Crippen LogP contribution in [0, 0.1) is 5.92 Å². The maximum atomic E-state index is 12.7. The molecule has 1 unspecified atom stereocenters. The molecule has 0 radical (unpaired) electrons. The molecule has 2 aromatic carbocycles. The fraction of sp³-hybridized carbons (Fsp3) is 0.375. The van der Waals surface area contributed by atoms with Crippen molar-refractivity contribution < 1.29 is 19.1 Å². The molecule has 34 heavy (non-hydrogen) atoms. The number of rotatable bonds is 11. The van der Waals surface area contributed by atoms with E-state index >= 15 is 0 Å². The van der Waals surface area contributed by atoms with Crippen LogP contribution in [0.3, 0.4) is 0 Å². The number of benzene rings is 2. The van der Waals surface area contributed by atoms with E-state index in [-0.39, 0.29) is 10.9 Å². The number of ether oxygens (including phenoxy) is 2. The first-order chi connectivity index (χ1) is 16.2. The molecule has 0 bridgehead atoms. The lowest BCUT2D eigenvalue weighted by molar-refractivity contribution is -0.123. The van der Waals surface area contributed by atoms with Crippen molar-refractivity contribution in [3.63, 3.8) is 0 Å². The van der Waals surface area contributed by atoms with E-state index in [0.29, 0.717) is 45.3 Å². The number of nitrogens with one attached hydrogen (secondary N) is 2. The first-order valence-electron chi connectivity index (χ1n) is 10.9. The van der Waals surface area contributed by atoms with Crippen LogP contribution in [0.2, 0.25) is 10.0 Å². The minimum absolute atomic E-state index is 0.185. The number of halogens is 3. The van der Waals surface area contributed by atoms with Gasteiger partial charge in [-0.15, -0.1) is 0 Å². The predicted octanol–water partition coefficient (Wildman–Crippen LogP) is 5.85. The Bertz CT molecular complexity index is 1050. The SMILES string of the molecule is CCCOc1c(Br)cc(/C=N\NC(=O)C(NC(=O)c2ccc(Cl)c(Cl)c2)C(C)C)cc1OCC. The number of hydrogen-bond acceptors (Lipinski definition) is 5. The van der Waals surface area contributed by atoms with Gasteiger partial charge in [0.1, 0.15) is 6.04 Å². The molecule has 2 rings (SSSR count). The number of carbonyl (C=O) groups excluding carboxylic acids is 2. The molecule has 0 fully saturated rings. The summed E-state index contributed by atoms with van der Waals surface area (Å²) in [5.41, 5.74) is 3.49. The van der Waals surface area contributed by atoms with Gasteiger partial charge in [0.05, 0.1) is 33.9 Å². The average molecular weight is 573 g/mol. The Kier molecular flexibility index (Phi) is 11.1. The van der Waals surface area contributed by atoms with E-state index < -0.39 is 17.9 Å². The molecule has 7 nitrogen and oxygen atoms in total. The zero-order valence-electron chi connectivity index (χ0n) is 19.5. The van der Waals surface area contributed by atoms with Crippen LogP contribution in [0.1, 0.15) is 50.0 Å². The fourth-order valence-corrected chi connectivity index (χ4v) is 3.78. The van der Waals surface area contributed by atoms with E-state index in [1.54, 1.807) is 12.1 Å². The Morgan fingerprint density at radius 1 is 1.12 bits per heavy atom. The summed E-state index contributed by atoms with van der Waals surface area (Å²) in [6.07, 6.45) is 2.36. The Morgan fingerprint density at radius 3 is 2.47 bits per heavy atom. The molecule has 0 aliphatic heterocycles. The third kappa shape index (κ3) is 7.89. The average Bonchev–Trinajstić information content (AvgIpc) is 2.78. The highest BCUT2D eigenvalue weighted by molar-refractivity contribution is 9.10. The lowest BCUT2D eigenvalue weighted by Crippen LogP contribution is -2.48. The summed E-state index contributed by atoms with van der Waals surface area (Å²) >= 11 is 15.4. The summed E-state index contributed by atoms with van der Waals surface area (Å²) in [7, 11) is 0. The molecule has 0 aromatic heterocycles. The quantitative estimate of drug-likeness (QED) is 0.261. The molecule has 1 atom stereocenters. The molecular weight excluding hydrogens is 545 g/mol. The van der Waals surface area contributed by atoms with Crippen molar-refractivity contribution in [2.75, 3.05) is 13.2 Å². The van der Waals surface area contributed by atoms with Crippen LogP contribution < -0.4 is 20.2 Å². The first-order valence-corrected chi connectivity index (χ1v) is 12.4. The van der Waals surface area contributed by atoms with E-state index in [2.05, 4.69) is 31.8 Å². The number of nitrogens with zero attached hydrogens (tertiary/aromatic N) is 1. The molecular formula is C24H28BrCl2N3O4. The van der Waals surface area contributed by atoms with Crippen molar-refractivity contribution in [2.24, 2.45) is 11.0 Å². The van der Waals surface area contributed by atoms with Crippen molar-refractivity contribution in [1.29, 1.82) is 0 Å². The van der Waals surface area contributed by atoms with Crippen molar-refractivity contribution in [2.45, 2.75) is 40.2 Å². The van der Waals surface area contributed by atoms with Crippen LogP contribution in [0.15, 0.2) is 39.9 Å². The van der Waals surface area contributed by atoms with Crippen LogP contribution in [0.5, 0.6) is 11.5 Å². The number of hydrogen-bond donors (Lipinski definition) is 2. The maximum Gasteiger partial charge on any atom is 0.262 e. The Labute approximate surface area is 218 Å². The lowest BCUT2D eigenvalue weighted by atomic mass is 10.0. The van der Waals surface area contributed by atoms with Gasteiger partial charge in [0.2, 0.25) is 0 Å². The summed E-state index contributed by atoms with van der Waals surface area (Å²) in [5, 5.41) is 7.37. The van der Waals surface area contributed by atoms with E-state index in [0.717, 1.165) is 6.42 Å². The summed E-state index contributed by atoms with van der Waals surface area (Å²) in [6.45, 7) is 8.59. The number of hydrazone groups is 1. The van der Waals surface area contributed by atoms with Crippen LogP contribution >= 0.6 is 39.1 Å². The number of amides is 2. The minimum atomic E-state index is -0.811. The standard InChI is InChI=1S/C24H28BrCl2N3O4/c1-5-9-34-22-17(25)10-15(11-20(22)33-6-2)13-28-30-24(32)21(14(3)4)29-23(31)16-7-8-18(26)19(27)12-16/h7-8,10-14,21H,5-6,9H2,1-4H3,(H,29,31)(H,30,32)/b28-13-. The largest absolute Gasteiger partial charge is 0.490 e. The van der Waals surface area contributed by atoms with E-state index in [1.807, 2.05) is 33.8 Å². The highest BCUT2D eigenvalue weighted by Crippen LogP contribution is 2.36. The highest BCUT2D eigenvalue weighted by Gasteiger charge is 2.25. The van der Waals surface area contributed by atoms with Gasteiger partial charge in [0, 0.05) is 5.56 Å². The van der Waals surface area contributed by atoms with Crippen molar-refractivity contribution in [3.05, 3.63) is 56.0 Å². The van der Waals surface area contributed by atoms with Gasteiger partial charge in [-0.25, -0.2) is 5.43 Å². The van der Waals surface area contributed by atoms with Crippen LogP contribution in [0.25, 0.3) is 0 Å². The molecule has 2 N–H and O–H groups in total. The van der Waals surface area contributed by atoms with Gasteiger partial charge < -0.3 is 14.8 Å². The normalized spacial score (nSPS) is 12.0. The smallest absolute Gasteiger partial charge is 0.262 e. The van der Waals surface area contributed by atoms with Crippen LogP contribution in [-0.2, 0) is 4.79 Å². The van der Waals surface area contributed by atoms with Gasteiger partial charge in [-0.2, -0.15) is 5.10 Å². The zero-order chi connectivity index (χ0) is 25.3. The lowest BCUT2D eigenvalue weighted by Gasteiger charge is -2.20. The summed E-state index contributed by atoms with van der Waals surface area (Å²) < 4.78 is 12.2. The first kappa shape index (κ1) is 28.0. The third-order valence-corrected chi connectivity index (χ3v) is 5.92. The van der Waals surface area contributed by atoms with E-state index in [4.69, 9.17) is 32.7 Å². The van der Waals surface area contributed by atoms with Crippen molar-refractivity contribution in [1.82, 2.24) is 10.7 Å². The van der Waals surface area contributed by atoms with Crippen molar-refractivity contribution in [3.8, 4) is 11.5 Å². The third-order valence-electron chi connectivity index (χ3n) is 4.59. The van der Waals surface area contributed by atoms with E-state index in [1.165, 1.54) is 18.3 Å². The molecule has 2 aromatic rings. The molecule has 10 heteroatoms. The molecule has 0 saturated carbocycles. The molecule has 2 amide bonds. The summed E-state index contributed by atoms with van der Waals surface area (Å²) in [4.78, 5) is 25.3. The summed E-state index contributed by atoms with van der Waals surface area (Å²) in [5.74, 6) is 0.119. The topological polar surface area (TPSA) is 89.0 Å². The minimum Gasteiger partial charge on any atom is -0.490 e. The monoisotopic (exact) mass is 571 g/mol. The maximum absolute atomic E-state index is 12.7. The van der Waals surface area contributed by atoms with Gasteiger partial charge in [0.25, 0.3) is 11.8 Å². The van der Waals surface area contributed by atoms with Gasteiger partial charge in [0.15, 0.2) is 11.5 Å². The molecule has 0 aliphatic rings. The second-order valence-corrected chi connectivity index (χ2v) is 9.34. The molecule has 0 spiro atoms. The molecule has 0 saturated heterocycles. The van der Waals surface area contributed by atoms with Crippen molar-refractivity contribution >= 4 is 57.2 Å². The molecule has 0 heterocycles. The summed E-state index contributed by atoms with van der Waals surface area (Å²) in [6, 6.07) is 7.30.